The van der Waals surface area contributed by atoms with Crippen molar-refractivity contribution >= 4 is 18.3 Å². The Hall–Kier alpha value is -1.06. The topological polar surface area (TPSA) is 46.3 Å². The molecule has 1 aliphatic rings. The maximum absolute atomic E-state index is 12.6. The van der Waals surface area contributed by atoms with Crippen molar-refractivity contribution in [3.8, 4) is 0 Å². The van der Waals surface area contributed by atoms with E-state index in [0.29, 0.717) is 12.5 Å². The number of nitrogens with two attached hydrogens (primary N) is 1. The monoisotopic (exact) mass is 282 g/mol. The highest BCUT2D eigenvalue weighted by Gasteiger charge is 2.31. The van der Waals surface area contributed by atoms with Crippen LogP contribution in [0.1, 0.15) is 31.7 Å². The SMILES string of the molecule is CC(C)C(C(=O)N1CC[C@@H](N)C1)c1ccccc1.Cl. The number of hydrogen-bond acceptors (Lipinski definition) is 2. The Labute approximate surface area is 121 Å². The van der Waals surface area contributed by atoms with E-state index in [4.69, 9.17) is 5.73 Å². The first-order valence-electron chi connectivity index (χ1n) is 6.69. The lowest BCUT2D eigenvalue weighted by molar-refractivity contribution is -0.132. The number of likely N-dealkylation sites (tertiary alicyclic amines) is 1. The Morgan fingerprint density at radius 1 is 1.32 bits per heavy atom. The van der Waals surface area contributed by atoms with Gasteiger partial charge in [-0.05, 0) is 17.9 Å². The zero-order valence-electron chi connectivity index (χ0n) is 11.6. The molecule has 4 heteroatoms. The first kappa shape index (κ1) is 16.0. The third-order valence-corrected chi connectivity index (χ3v) is 3.63. The van der Waals surface area contributed by atoms with Crippen LogP contribution in [-0.4, -0.2) is 29.9 Å². The molecule has 19 heavy (non-hydrogen) atoms. The average Bonchev–Trinajstić information content (AvgIpc) is 2.77. The van der Waals surface area contributed by atoms with Crippen LogP contribution in [0.25, 0.3) is 0 Å². The number of carbonyl (C=O) groups is 1. The number of nitrogens with zero attached hydrogens (tertiary/aromatic N) is 1. The summed E-state index contributed by atoms with van der Waals surface area (Å²) in [5, 5.41) is 0. The van der Waals surface area contributed by atoms with Gasteiger partial charge >= 0.3 is 0 Å². The highest BCUT2D eigenvalue weighted by Crippen LogP contribution is 2.27. The molecule has 2 rings (SSSR count). The fourth-order valence-electron chi connectivity index (χ4n) is 2.66. The third kappa shape index (κ3) is 3.71. The number of benzene rings is 1. The zero-order valence-corrected chi connectivity index (χ0v) is 12.4. The van der Waals surface area contributed by atoms with E-state index in [2.05, 4.69) is 13.8 Å². The lowest BCUT2D eigenvalue weighted by Gasteiger charge is -2.26. The predicted octanol–water partition coefficient (Wildman–Crippen LogP) is 2.41. The van der Waals surface area contributed by atoms with Gasteiger partial charge < -0.3 is 10.6 Å². The van der Waals surface area contributed by atoms with Gasteiger partial charge in [0.1, 0.15) is 0 Å². The molecule has 1 aromatic rings. The summed E-state index contributed by atoms with van der Waals surface area (Å²) in [6.45, 7) is 5.71. The average molecular weight is 283 g/mol. The van der Waals surface area contributed by atoms with Gasteiger partial charge in [-0.3, -0.25) is 4.79 Å². The third-order valence-electron chi connectivity index (χ3n) is 3.63. The normalized spacial score (nSPS) is 20.2. The van der Waals surface area contributed by atoms with Crippen molar-refractivity contribution < 1.29 is 4.79 Å². The first-order chi connectivity index (χ1) is 8.59. The van der Waals surface area contributed by atoms with Gasteiger partial charge in [0.05, 0.1) is 5.92 Å². The second-order valence-corrected chi connectivity index (χ2v) is 5.47. The molecular weight excluding hydrogens is 260 g/mol. The van der Waals surface area contributed by atoms with Crippen molar-refractivity contribution in [2.75, 3.05) is 13.1 Å². The molecule has 2 atom stereocenters. The summed E-state index contributed by atoms with van der Waals surface area (Å²) in [7, 11) is 0. The van der Waals surface area contributed by atoms with Crippen molar-refractivity contribution in [1.29, 1.82) is 0 Å². The second-order valence-electron chi connectivity index (χ2n) is 5.47. The van der Waals surface area contributed by atoms with Crippen LogP contribution < -0.4 is 5.73 Å². The zero-order chi connectivity index (χ0) is 13.1. The summed E-state index contributed by atoms with van der Waals surface area (Å²) in [4.78, 5) is 14.5. The Kier molecular flexibility index (Phi) is 5.83. The molecule has 1 saturated heterocycles. The molecule has 0 aliphatic carbocycles. The smallest absolute Gasteiger partial charge is 0.230 e. The standard InChI is InChI=1S/C15H22N2O.ClH/c1-11(2)14(12-6-4-3-5-7-12)15(18)17-9-8-13(16)10-17;/h3-7,11,13-14H,8-10,16H2,1-2H3;1H/t13-,14?;/m1./s1. The lowest BCUT2D eigenvalue weighted by Crippen LogP contribution is -2.37. The summed E-state index contributed by atoms with van der Waals surface area (Å²) in [6.07, 6.45) is 0.922. The summed E-state index contributed by atoms with van der Waals surface area (Å²) in [5.41, 5.74) is 6.99. The molecule has 1 heterocycles. The summed E-state index contributed by atoms with van der Waals surface area (Å²) in [5.74, 6) is 0.484. The van der Waals surface area contributed by atoms with Gasteiger partial charge in [-0.15, -0.1) is 12.4 Å². The molecule has 3 nitrogen and oxygen atoms in total. The van der Waals surface area contributed by atoms with Crippen LogP contribution in [0.5, 0.6) is 0 Å². The summed E-state index contributed by atoms with van der Waals surface area (Å²) < 4.78 is 0. The lowest BCUT2D eigenvalue weighted by atomic mass is 9.87. The van der Waals surface area contributed by atoms with Gasteiger partial charge in [0, 0.05) is 19.1 Å². The Morgan fingerprint density at radius 2 is 1.95 bits per heavy atom. The molecule has 1 amide bonds. The van der Waals surface area contributed by atoms with E-state index in [-0.39, 0.29) is 30.3 Å². The number of carbonyl (C=O) groups excluding carboxylic acids is 1. The Bertz CT molecular complexity index is 408. The quantitative estimate of drug-likeness (QED) is 0.925. The molecule has 1 fully saturated rings. The predicted molar refractivity (Wildman–Crippen MR) is 80.4 cm³/mol. The maximum Gasteiger partial charge on any atom is 0.230 e. The molecule has 0 saturated carbocycles. The van der Waals surface area contributed by atoms with Gasteiger partial charge in [0.2, 0.25) is 5.91 Å². The number of amides is 1. The van der Waals surface area contributed by atoms with E-state index in [1.807, 2.05) is 35.2 Å². The highest BCUT2D eigenvalue weighted by atomic mass is 35.5. The van der Waals surface area contributed by atoms with Crippen molar-refractivity contribution in [2.24, 2.45) is 11.7 Å². The van der Waals surface area contributed by atoms with Gasteiger partial charge in [0.15, 0.2) is 0 Å². The Morgan fingerprint density at radius 3 is 2.42 bits per heavy atom. The van der Waals surface area contributed by atoms with E-state index in [0.717, 1.165) is 18.5 Å². The second kappa shape index (κ2) is 6.92. The van der Waals surface area contributed by atoms with Crippen LogP contribution in [0.3, 0.4) is 0 Å². The van der Waals surface area contributed by atoms with E-state index in [1.54, 1.807) is 0 Å². The van der Waals surface area contributed by atoms with Crippen LogP contribution in [0, 0.1) is 5.92 Å². The van der Waals surface area contributed by atoms with E-state index >= 15 is 0 Å². The Balaban J connectivity index is 0.00000180. The van der Waals surface area contributed by atoms with Gasteiger partial charge in [0.25, 0.3) is 0 Å². The number of hydrogen-bond donors (Lipinski definition) is 1. The van der Waals surface area contributed by atoms with Crippen molar-refractivity contribution in [3.63, 3.8) is 0 Å². The molecule has 0 radical (unpaired) electrons. The van der Waals surface area contributed by atoms with Gasteiger partial charge in [-0.1, -0.05) is 44.2 Å². The molecule has 0 bridgehead atoms. The molecule has 1 unspecified atom stereocenters. The van der Waals surface area contributed by atoms with Gasteiger partial charge in [-0.25, -0.2) is 0 Å². The minimum absolute atomic E-state index is 0. The van der Waals surface area contributed by atoms with E-state index < -0.39 is 0 Å². The largest absolute Gasteiger partial charge is 0.341 e. The highest BCUT2D eigenvalue weighted by molar-refractivity contribution is 5.85. The molecule has 0 spiro atoms. The maximum atomic E-state index is 12.6. The van der Waals surface area contributed by atoms with Crippen LogP contribution >= 0.6 is 12.4 Å². The van der Waals surface area contributed by atoms with Crippen LogP contribution in [0.4, 0.5) is 0 Å². The summed E-state index contributed by atoms with van der Waals surface area (Å²) >= 11 is 0. The number of halogens is 1. The van der Waals surface area contributed by atoms with Crippen LogP contribution in [0.2, 0.25) is 0 Å². The molecule has 1 aliphatic heterocycles. The van der Waals surface area contributed by atoms with Crippen molar-refractivity contribution in [3.05, 3.63) is 35.9 Å². The summed E-state index contributed by atoms with van der Waals surface area (Å²) in [6, 6.07) is 10.2. The van der Waals surface area contributed by atoms with Crippen LogP contribution in [-0.2, 0) is 4.79 Å². The number of rotatable bonds is 3. The molecular formula is C15H23ClN2O. The first-order valence-corrected chi connectivity index (χ1v) is 6.69. The van der Waals surface area contributed by atoms with Gasteiger partial charge in [-0.2, -0.15) is 0 Å². The minimum atomic E-state index is -0.0449. The van der Waals surface area contributed by atoms with Crippen molar-refractivity contribution in [2.45, 2.75) is 32.2 Å². The van der Waals surface area contributed by atoms with Crippen molar-refractivity contribution in [1.82, 2.24) is 4.90 Å². The minimum Gasteiger partial charge on any atom is -0.341 e. The molecule has 2 N–H and O–H groups in total. The van der Waals surface area contributed by atoms with E-state index in [1.165, 1.54) is 0 Å². The van der Waals surface area contributed by atoms with E-state index in [9.17, 15) is 4.79 Å². The molecule has 106 valence electrons. The molecule has 1 aromatic carbocycles. The molecule has 0 aromatic heterocycles. The fraction of sp³-hybridized carbons (Fsp3) is 0.533. The fourth-order valence-corrected chi connectivity index (χ4v) is 2.66. The van der Waals surface area contributed by atoms with Crippen LogP contribution in [0.15, 0.2) is 30.3 Å².